The van der Waals surface area contributed by atoms with Gasteiger partial charge < -0.3 is 5.21 Å². The molecule has 19 heavy (non-hydrogen) atoms. The van der Waals surface area contributed by atoms with Gasteiger partial charge in [0, 0.05) is 25.3 Å². The Morgan fingerprint density at radius 1 is 1.37 bits per heavy atom. The maximum Gasteiger partial charge on any atom is 0.193 e. The molecular formula is C13H18N2O3S. The minimum atomic E-state index is -3.42. The molecule has 1 aliphatic rings. The number of rotatable bonds is 3. The molecule has 104 valence electrons. The first kappa shape index (κ1) is 14.0. The van der Waals surface area contributed by atoms with Crippen molar-refractivity contribution in [1.29, 1.82) is 0 Å². The Hall–Kier alpha value is -1.43. The van der Waals surface area contributed by atoms with Crippen LogP contribution >= 0.6 is 0 Å². The van der Waals surface area contributed by atoms with Crippen LogP contribution in [-0.4, -0.2) is 36.7 Å². The molecular weight excluding hydrogens is 264 g/mol. The Morgan fingerprint density at radius 2 is 2.05 bits per heavy atom. The predicted octanol–water partition coefficient (Wildman–Crippen LogP) is 1.75. The van der Waals surface area contributed by atoms with Gasteiger partial charge in [-0.2, -0.15) is 0 Å². The van der Waals surface area contributed by atoms with Crippen LogP contribution in [0, 0.1) is 5.21 Å². The molecule has 0 spiro atoms. The van der Waals surface area contributed by atoms with Gasteiger partial charge in [0.2, 0.25) is 0 Å². The second-order valence-electron chi connectivity index (χ2n) is 4.95. The van der Waals surface area contributed by atoms with Crippen LogP contribution in [0.15, 0.2) is 23.4 Å². The van der Waals surface area contributed by atoms with Gasteiger partial charge >= 0.3 is 0 Å². The highest BCUT2D eigenvalue weighted by molar-refractivity contribution is 7.90. The van der Waals surface area contributed by atoms with Crippen LogP contribution in [0.1, 0.15) is 37.7 Å². The molecule has 1 fully saturated rings. The first-order chi connectivity index (χ1) is 8.98. The van der Waals surface area contributed by atoms with Crippen LogP contribution in [0.4, 0.5) is 0 Å². The van der Waals surface area contributed by atoms with Crippen molar-refractivity contribution in [3.05, 3.63) is 29.1 Å². The molecule has 0 unspecified atom stereocenters. The lowest BCUT2D eigenvalue weighted by atomic mass is 9.96. The van der Waals surface area contributed by atoms with E-state index in [9.17, 15) is 13.6 Å². The Labute approximate surface area is 113 Å². The zero-order valence-corrected chi connectivity index (χ0v) is 11.8. The lowest BCUT2D eigenvalue weighted by molar-refractivity contribution is -0.500. The van der Waals surface area contributed by atoms with E-state index in [1.165, 1.54) is 18.8 Å². The standard InChI is InChI=1S/C13H18N2O3S/c1-19(17,18)13-11(6-5-9-14-13)10-15(16)12-7-3-2-4-8-12/h5-6,9-10,12H,2-4,7-8H2,1H3. The zero-order chi connectivity index (χ0) is 13.9. The summed E-state index contributed by atoms with van der Waals surface area (Å²) in [5, 5.41) is 12.0. The molecule has 1 aliphatic carbocycles. The molecule has 6 heteroatoms. The normalized spacial score (nSPS) is 18.5. The Kier molecular flexibility index (Phi) is 4.19. The van der Waals surface area contributed by atoms with Crippen LogP contribution < -0.4 is 0 Å². The predicted molar refractivity (Wildman–Crippen MR) is 73.0 cm³/mol. The zero-order valence-electron chi connectivity index (χ0n) is 10.9. The summed E-state index contributed by atoms with van der Waals surface area (Å²) >= 11 is 0. The van der Waals surface area contributed by atoms with E-state index in [0.29, 0.717) is 5.56 Å². The van der Waals surface area contributed by atoms with E-state index >= 15 is 0 Å². The number of aromatic nitrogens is 1. The summed E-state index contributed by atoms with van der Waals surface area (Å²) in [7, 11) is -3.42. The maximum absolute atomic E-state index is 12.1. The molecule has 0 atom stereocenters. The fraction of sp³-hybridized carbons (Fsp3) is 0.538. The molecule has 0 saturated heterocycles. The summed E-state index contributed by atoms with van der Waals surface area (Å²) < 4.78 is 24.1. The Morgan fingerprint density at radius 3 is 2.68 bits per heavy atom. The summed E-state index contributed by atoms with van der Waals surface area (Å²) in [5.74, 6) is 0. The Bertz CT molecular complexity index is 575. The minimum Gasteiger partial charge on any atom is -0.624 e. The van der Waals surface area contributed by atoms with E-state index in [4.69, 9.17) is 0 Å². The van der Waals surface area contributed by atoms with E-state index in [2.05, 4.69) is 4.98 Å². The van der Waals surface area contributed by atoms with Gasteiger partial charge in [0.15, 0.2) is 27.1 Å². The van der Waals surface area contributed by atoms with Gasteiger partial charge in [0.1, 0.15) is 0 Å². The molecule has 0 bridgehead atoms. The summed E-state index contributed by atoms with van der Waals surface area (Å²) in [4.78, 5) is 3.86. The van der Waals surface area contributed by atoms with Crippen molar-refractivity contribution in [2.24, 2.45) is 0 Å². The molecule has 1 aromatic heterocycles. The van der Waals surface area contributed by atoms with Gasteiger partial charge in [-0.1, -0.05) is 6.42 Å². The third kappa shape index (κ3) is 3.53. The SMILES string of the molecule is CS(=O)(=O)c1ncccc1C=[N+]([O-])C1CCCCC1. The first-order valence-corrected chi connectivity index (χ1v) is 8.33. The van der Waals surface area contributed by atoms with Crippen LogP contribution in [0.5, 0.6) is 0 Å². The van der Waals surface area contributed by atoms with Crippen molar-refractivity contribution in [3.63, 3.8) is 0 Å². The number of hydrogen-bond donors (Lipinski definition) is 0. The Balaban J connectivity index is 2.32. The molecule has 0 aliphatic heterocycles. The summed E-state index contributed by atoms with van der Waals surface area (Å²) in [6, 6.07) is 3.20. The third-order valence-corrected chi connectivity index (χ3v) is 4.40. The summed E-state index contributed by atoms with van der Waals surface area (Å²) in [6.45, 7) is 0. The molecule has 1 aromatic rings. The van der Waals surface area contributed by atoms with Crippen molar-refractivity contribution < 1.29 is 13.2 Å². The topological polar surface area (TPSA) is 73.1 Å². The fourth-order valence-electron chi connectivity index (χ4n) is 2.39. The maximum atomic E-state index is 12.1. The average Bonchev–Trinajstić information content (AvgIpc) is 2.39. The van der Waals surface area contributed by atoms with Crippen molar-refractivity contribution in [3.8, 4) is 0 Å². The van der Waals surface area contributed by atoms with Crippen molar-refractivity contribution in [2.75, 3.05) is 6.26 Å². The average molecular weight is 282 g/mol. The van der Waals surface area contributed by atoms with Crippen LogP contribution in [0.2, 0.25) is 0 Å². The molecule has 1 heterocycles. The van der Waals surface area contributed by atoms with E-state index in [1.54, 1.807) is 12.1 Å². The number of nitrogens with zero attached hydrogens (tertiary/aromatic N) is 2. The number of hydroxylamine groups is 1. The lowest BCUT2D eigenvalue weighted by Crippen LogP contribution is -2.25. The number of pyridine rings is 1. The molecule has 1 saturated carbocycles. The van der Waals surface area contributed by atoms with E-state index in [0.717, 1.165) is 36.7 Å². The van der Waals surface area contributed by atoms with Gasteiger partial charge in [-0.15, -0.1) is 0 Å². The van der Waals surface area contributed by atoms with Crippen molar-refractivity contribution >= 4 is 16.1 Å². The summed E-state index contributed by atoms with van der Waals surface area (Å²) in [6.07, 6.45) is 8.91. The molecule has 0 aromatic carbocycles. The molecule has 0 amide bonds. The highest BCUT2D eigenvalue weighted by Crippen LogP contribution is 2.20. The van der Waals surface area contributed by atoms with Crippen LogP contribution in [0.25, 0.3) is 0 Å². The van der Waals surface area contributed by atoms with Gasteiger partial charge in [0.25, 0.3) is 0 Å². The van der Waals surface area contributed by atoms with E-state index in [-0.39, 0.29) is 11.1 Å². The molecule has 2 rings (SSSR count). The van der Waals surface area contributed by atoms with Gasteiger partial charge in [-0.05, 0) is 25.0 Å². The molecule has 0 N–H and O–H groups in total. The van der Waals surface area contributed by atoms with Crippen LogP contribution in [-0.2, 0) is 9.84 Å². The van der Waals surface area contributed by atoms with Crippen LogP contribution in [0.3, 0.4) is 0 Å². The molecule has 0 radical (unpaired) electrons. The highest BCUT2D eigenvalue weighted by Gasteiger charge is 2.21. The smallest absolute Gasteiger partial charge is 0.193 e. The quantitative estimate of drug-likeness (QED) is 0.366. The highest BCUT2D eigenvalue weighted by atomic mass is 32.2. The van der Waals surface area contributed by atoms with Gasteiger partial charge in [0.05, 0.1) is 5.56 Å². The third-order valence-electron chi connectivity index (χ3n) is 3.35. The van der Waals surface area contributed by atoms with E-state index < -0.39 is 9.84 Å². The number of hydrogen-bond acceptors (Lipinski definition) is 4. The van der Waals surface area contributed by atoms with Gasteiger partial charge in [-0.3, -0.25) is 0 Å². The van der Waals surface area contributed by atoms with Crippen molar-refractivity contribution in [2.45, 2.75) is 43.2 Å². The fourth-order valence-corrected chi connectivity index (χ4v) is 3.19. The first-order valence-electron chi connectivity index (χ1n) is 6.44. The minimum absolute atomic E-state index is 0.0355. The largest absolute Gasteiger partial charge is 0.624 e. The van der Waals surface area contributed by atoms with Gasteiger partial charge in [-0.25, -0.2) is 18.1 Å². The second kappa shape index (κ2) is 5.69. The van der Waals surface area contributed by atoms with Crippen molar-refractivity contribution in [1.82, 2.24) is 4.98 Å². The summed E-state index contributed by atoms with van der Waals surface area (Å²) in [5.41, 5.74) is 0.366. The van der Waals surface area contributed by atoms with E-state index in [1.807, 2.05) is 0 Å². The molecule has 5 nitrogen and oxygen atoms in total. The second-order valence-corrected chi connectivity index (χ2v) is 6.88. The monoisotopic (exact) mass is 282 g/mol. The number of sulfone groups is 1. The lowest BCUT2D eigenvalue weighted by Gasteiger charge is -2.20.